The molecule has 5 nitrogen and oxygen atoms in total. The van der Waals surface area contributed by atoms with Crippen LogP contribution in [0.3, 0.4) is 0 Å². The van der Waals surface area contributed by atoms with E-state index in [1.54, 1.807) is 13.0 Å². The van der Waals surface area contributed by atoms with Gasteiger partial charge in [-0.05, 0) is 24.6 Å². The number of fused-ring (bicyclic) bond motifs is 1. The lowest BCUT2D eigenvalue weighted by Gasteiger charge is -2.10. The average molecular weight is 349 g/mol. The van der Waals surface area contributed by atoms with Crippen LogP contribution in [-0.2, 0) is 16.1 Å². The van der Waals surface area contributed by atoms with Crippen LogP contribution in [0.1, 0.15) is 18.2 Å². The first-order valence-electron chi connectivity index (χ1n) is 8.31. The highest BCUT2D eigenvalue weighted by Crippen LogP contribution is 2.27. The number of ether oxygens (including phenoxy) is 2. The van der Waals surface area contributed by atoms with Gasteiger partial charge in [-0.3, -0.25) is 0 Å². The summed E-state index contributed by atoms with van der Waals surface area (Å²) >= 11 is 0. The Morgan fingerprint density at radius 1 is 1.12 bits per heavy atom. The predicted octanol–water partition coefficient (Wildman–Crippen LogP) is 4.28. The quantitative estimate of drug-likeness (QED) is 0.409. The summed E-state index contributed by atoms with van der Waals surface area (Å²) in [5.41, 5.74) is 2.16. The average Bonchev–Trinajstić information content (AvgIpc) is 2.67. The fourth-order valence-electron chi connectivity index (χ4n) is 2.50. The molecule has 0 saturated heterocycles. The molecule has 132 valence electrons. The highest BCUT2D eigenvalue weighted by atomic mass is 16.5. The van der Waals surface area contributed by atoms with Crippen LogP contribution in [0.15, 0.2) is 66.4 Å². The molecule has 1 heterocycles. The molecule has 0 unspecified atom stereocenters. The number of carbonyl (C=O) groups is 1. The Morgan fingerprint density at radius 2 is 1.85 bits per heavy atom. The van der Waals surface area contributed by atoms with Crippen molar-refractivity contribution in [2.45, 2.75) is 13.5 Å². The fourth-order valence-corrected chi connectivity index (χ4v) is 2.50. The van der Waals surface area contributed by atoms with Crippen molar-refractivity contribution in [1.29, 1.82) is 0 Å². The van der Waals surface area contributed by atoms with Crippen LogP contribution in [-0.4, -0.2) is 22.7 Å². The van der Waals surface area contributed by atoms with E-state index in [-0.39, 0.29) is 6.61 Å². The van der Waals surface area contributed by atoms with Gasteiger partial charge in [-0.1, -0.05) is 42.5 Å². The van der Waals surface area contributed by atoms with Crippen molar-refractivity contribution in [1.82, 2.24) is 4.98 Å². The summed E-state index contributed by atoms with van der Waals surface area (Å²) in [5, 5.41) is 10.7. The number of hydrogen-bond donors (Lipinski definition) is 1. The Bertz CT molecular complexity index is 935. The smallest absolute Gasteiger partial charge is 0.373 e. The van der Waals surface area contributed by atoms with Crippen molar-refractivity contribution >= 4 is 22.9 Å². The van der Waals surface area contributed by atoms with Crippen LogP contribution in [0, 0.1) is 0 Å². The maximum Gasteiger partial charge on any atom is 0.373 e. The van der Waals surface area contributed by atoms with Crippen molar-refractivity contribution < 1.29 is 19.4 Å². The molecule has 2 aromatic carbocycles. The molecule has 3 rings (SSSR count). The molecule has 1 aromatic heterocycles. The first-order valence-corrected chi connectivity index (χ1v) is 8.31. The maximum atomic E-state index is 11.6. The third kappa shape index (κ3) is 4.19. The summed E-state index contributed by atoms with van der Waals surface area (Å²) in [6, 6.07) is 19.1. The van der Waals surface area contributed by atoms with E-state index in [0.717, 1.165) is 10.9 Å². The van der Waals surface area contributed by atoms with Gasteiger partial charge in [0.05, 0.1) is 17.8 Å². The molecule has 0 spiro atoms. The lowest BCUT2D eigenvalue weighted by Crippen LogP contribution is -2.07. The van der Waals surface area contributed by atoms with E-state index in [9.17, 15) is 9.90 Å². The van der Waals surface area contributed by atoms with Gasteiger partial charge in [0.25, 0.3) is 0 Å². The van der Waals surface area contributed by atoms with Crippen molar-refractivity contribution in [3.05, 3.63) is 77.7 Å². The predicted molar refractivity (Wildman–Crippen MR) is 99.8 cm³/mol. The number of pyridine rings is 1. The summed E-state index contributed by atoms with van der Waals surface area (Å²) in [4.78, 5) is 16.1. The zero-order chi connectivity index (χ0) is 18.4. The minimum Gasteiger partial charge on any atom is -0.502 e. The van der Waals surface area contributed by atoms with Crippen molar-refractivity contribution in [3.8, 4) is 5.75 Å². The normalized spacial score (nSPS) is 11.3. The van der Waals surface area contributed by atoms with E-state index < -0.39 is 11.7 Å². The monoisotopic (exact) mass is 349 g/mol. The number of hydrogen-bond acceptors (Lipinski definition) is 5. The molecule has 3 aromatic rings. The Labute approximate surface area is 151 Å². The molecule has 26 heavy (non-hydrogen) atoms. The number of nitrogens with zero attached hydrogens (tertiary/aromatic N) is 1. The molecule has 0 amide bonds. The minimum atomic E-state index is -0.783. The van der Waals surface area contributed by atoms with E-state index >= 15 is 0 Å². The molecule has 0 aliphatic heterocycles. The van der Waals surface area contributed by atoms with Crippen molar-refractivity contribution in [3.63, 3.8) is 0 Å². The van der Waals surface area contributed by atoms with Gasteiger partial charge in [0.1, 0.15) is 12.4 Å². The number of esters is 1. The highest BCUT2D eigenvalue weighted by molar-refractivity contribution is 5.92. The Balaban J connectivity index is 1.93. The zero-order valence-corrected chi connectivity index (χ0v) is 14.4. The van der Waals surface area contributed by atoms with E-state index in [1.165, 1.54) is 6.08 Å². The van der Waals surface area contributed by atoms with Crippen LogP contribution in [0.25, 0.3) is 17.0 Å². The molecule has 0 fully saturated rings. The lowest BCUT2D eigenvalue weighted by molar-refractivity contribution is -0.141. The lowest BCUT2D eigenvalue weighted by atomic mass is 10.1. The summed E-state index contributed by atoms with van der Waals surface area (Å²) in [6.07, 6.45) is 1.28. The molecular weight excluding hydrogens is 330 g/mol. The van der Waals surface area contributed by atoms with E-state index in [2.05, 4.69) is 4.98 Å². The van der Waals surface area contributed by atoms with Crippen molar-refractivity contribution in [2.24, 2.45) is 0 Å². The maximum absolute atomic E-state index is 11.6. The number of rotatable bonds is 6. The van der Waals surface area contributed by atoms with Crippen molar-refractivity contribution in [2.75, 3.05) is 6.61 Å². The van der Waals surface area contributed by atoms with Crippen LogP contribution in [0.2, 0.25) is 0 Å². The molecule has 0 aliphatic carbocycles. The molecule has 0 saturated carbocycles. The SMILES string of the molecule is CCOC(=O)/C(O)=C/c1cc(OCc2ccccc2)c2ccccc2n1. The van der Waals surface area contributed by atoms with Gasteiger partial charge in [0.15, 0.2) is 0 Å². The number of carbonyl (C=O) groups excluding carboxylic acids is 1. The highest BCUT2D eigenvalue weighted by Gasteiger charge is 2.11. The van der Waals surface area contributed by atoms with E-state index in [0.29, 0.717) is 23.6 Å². The molecule has 0 bridgehead atoms. The number of aliphatic hydroxyl groups excluding tert-OH is 1. The summed E-state index contributed by atoms with van der Waals surface area (Å²) in [6.45, 7) is 2.27. The third-order valence-electron chi connectivity index (χ3n) is 3.70. The van der Waals surface area contributed by atoms with Gasteiger partial charge in [-0.15, -0.1) is 0 Å². The number of benzene rings is 2. The van der Waals surface area contributed by atoms with Gasteiger partial charge in [0, 0.05) is 17.5 Å². The summed E-state index contributed by atoms with van der Waals surface area (Å²) in [7, 11) is 0. The van der Waals surface area contributed by atoms with Gasteiger partial charge in [-0.25, -0.2) is 9.78 Å². The van der Waals surface area contributed by atoms with Crippen LogP contribution in [0.5, 0.6) is 5.75 Å². The third-order valence-corrected chi connectivity index (χ3v) is 3.70. The fraction of sp³-hybridized carbons (Fsp3) is 0.143. The second kappa shape index (κ2) is 8.16. The largest absolute Gasteiger partial charge is 0.502 e. The van der Waals surface area contributed by atoms with Gasteiger partial charge in [0.2, 0.25) is 5.76 Å². The molecule has 0 atom stereocenters. The van der Waals surface area contributed by atoms with Crippen LogP contribution < -0.4 is 4.74 Å². The van der Waals surface area contributed by atoms with E-state index in [4.69, 9.17) is 9.47 Å². The van der Waals surface area contributed by atoms with Gasteiger partial charge < -0.3 is 14.6 Å². The Kier molecular flexibility index (Phi) is 5.49. The molecule has 5 heteroatoms. The topological polar surface area (TPSA) is 68.7 Å². The number of para-hydroxylation sites is 1. The van der Waals surface area contributed by atoms with Gasteiger partial charge >= 0.3 is 5.97 Å². The van der Waals surface area contributed by atoms with Gasteiger partial charge in [-0.2, -0.15) is 0 Å². The second-order valence-electron chi connectivity index (χ2n) is 5.59. The summed E-state index contributed by atoms with van der Waals surface area (Å²) in [5.74, 6) is -0.653. The first kappa shape index (κ1) is 17.5. The molecular formula is C21H19NO4. The first-order chi connectivity index (χ1) is 12.7. The minimum absolute atomic E-state index is 0.188. The molecule has 1 N–H and O–H groups in total. The Hall–Kier alpha value is -3.34. The van der Waals surface area contributed by atoms with E-state index in [1.807, 2.05) is 54.6 Å². The standard InChI is InChI=1S/C21H19NO4/c1-2-25-21(24)19(23)12-16-13-20(17-10-6-7-11-18(17)22-16)26-14-15-8-4-3-5-9-15/h3-13,23H,2,14H2,1H3/b19-12-. The van der Waals surface area contributed by atoms with Crippen LogP contribution in [0.4, 0.5) is 0 Å². The number of aliphatic hydroxyl groups is 1. The molecule has 0 aliphatic rings. The molecule has 0 radical (unpaired) electrons. The Morgan fingerprint density at radius 3 is 2.62 bits per heavy atom. The zero-order valence-electron chi connectivity index (χ0n) is 14.4. The summed E-state index contributed by atoms with van der Waals surface area (Å²) < 4.78 is 10.8. The van der Waals surface area contributed by atoms with Crippen LogP contribution >= 0.6 is 0 Å². The number of aromatic nitrogens is 1. The second-order valence-corrected chi connectivity index (χ2v) is 5.59.